The summed E-state index contributed by atoms with van der Waals surface area (Å²) in [5.74, 6) is -2.74. The van der Waals surface area contributed by atoms with E-state index in [9.17, 15) is 24.5 Å². The van der Waals surface area contributed by atoms with Crippen LogP contribution in [0.2, 0.25) is 5.02 Å². The first-order chi connectivity index (χ1) is 16.2. The van der Waals surface area contributed by atoms with Crippen molar-refractivity contribution in [2.45, 2.75) is 38.3 Å². The van der Waals surface area contributed by atoms with Crippen molar-refractivity contribution in [3.63, 3.8) is 0 Å². The Morgan fingerprint density at radius 2 is 1.91 bits per heavy atom. The molecule has 34 heavy (non-hydrogen) atoms. The lowest BCUT2D eigenvalue weighted by Gasteiger charge is -2.37. The predicted molar refractivity (Wildman–Crippen MR) is 124 cm³/mol. The number of carbonyl (C=O) groups excluding carboxylic acids is 3. The second-order valence-electron chi connectivity index (χ2n) is 9.54. The number of amides is 3. The van der Waals surface area contributed by atoms with Crippen LogP contribution in [0.3, 0.4) is 0 Å². The van der Waals surface area contributed by atoms with Crippen LogP contribution in [0.15, 0.2) is 30.3 Å². The molecule has 2 aromatic carbocycles. The zero-order valence-corrected chi connectivity index (χ0v) is 19.3. The first-order valence-corrected chi connectivity index (χ1v) is 11.6. The summed E-state index contributed by atoms with van der Waals surface area (Å²) in [4.78, 5) is 55.4. The number of nitrogens with zero attached hydrogens (tertiary/aromatic N) is 3. The average molecular weight is 481 g/mol. The summed E-state index contributed by atoms with van der Waals surface area (Å²) in [6, 6.07) is 7.47. The molecule has 1 spiro atoms. The maximum Gasteiger partial charge on any atom is 0.269 e. The molecule has 4 heterocycles. The van der Waals surface area contributed by atoms with Gasteiger partial charge in [0.15, 0.2) is 0 Å². The number of imide groups is 1. The van der Waals surface area contributed by atoms with Crippen LogP contribution < -0.4 is 10.2 Å². The van der Waals surface area contributed by atoms with Gasteiger partial charge in [0.2, 0.25) is 11.8 Å². The number of nitrogens with one attached hydrogen (secondary N) is 1. The Bertz CT molecular complexity index is 1340. The smallest absolute Gasteiger partial charge is 0.269 e. The van der Waals surface area contributed by atoms with Crippen LogP contribution in [-0.2, 0) is 19.9 Å². The average Bonchev–Trinajstić information content (AvgIpc) is 3.48. The molecule has 6 rings (SSSR count). The van der Waals surface area contributed by atoms with Crippen LogP contribution in [-0.4, -0.2) is 40.1 Å². The molecule has 1 N–H and O–H groups in total. The molecule has 4 unspecified atom stereocenters. The van der Waals surface area contributed by atoms with Gasteiger partial charge in [-0.1, -0.05) is 17.7 Å². The molecule has 4 aliphatic heterocycles. The molecule has 10 heteroatoms. The van der Waals surface area contributed by atoms with Crippen molar-refractivity contribution >= 4 is 46.4 Å². The number of nitro benzene ring substituents is 1. The Labute approximate surface area is 199 Å². The fourth-order valence-corrected chi connectivity index (χ4v) is 6.96. The molecule has 3 amide bonds. The standard InChI is InChI=1S/C24H21ClN4O5/c1-11-8-14-20(15(25)9-11)26-23(32)24(14)19-18(17-4-3-7-27(17)24)21(30)28(22(19)31)16-6-5-13(29(33)34)10-12(16)2/h5-6,8-10,17-19H,3-4,7H2,1-2H3,(H,26,32). The number of anilines is 2. The Hall–Kier alpha value is -3.30. The highest BCUT2D eigenvalue weighted by molar-refractivity contribution is 6.35. The Kier molecular flexibility index (Phi) is 4.29. The summed E-state index contributed by atoms with van der Waals surface area (Å²) in [5.41, 5.74) is 1.33. The lowest BCUT2D eigenvalue weighted by atomic mass is 9.75. The zero-order chi connectivity index (χ0) is 24.1. The number of rotatable bonds is 2. The molecule has 174 valence electrons. The van der Waals surface area contributed by atoms with E-state index in [-0.39, 0.29) is 23.5 Å². The number of halogens is 1. The normalized spacial score (nSPS) is 29.6. The van der Waals surface area contributed by atoms with E-state index in [1.54, 1.807) is 13.0 Å². The van der Waals surface area contributed by atoms with Crippen LogP contribution in [0.1, 0.15) is 29.5 Å². The summed E-state index contributed by atoms with van der Waals surface area (Å²) >= 11 is 6.49. The van der Waals surface area contributed by atoms with Gasteiger partial charge < -0.3 is 5.32 Å². The van der Waals surface area contributed by atoms with E-state index >= 15 is 0 Å². The first kappa shape index (κ1) is 21.2. The maximum absolute atomic E-state index is 14.0. The second-order valence-corrected chi connectivity index (χ2v) is 9.94. The summed E-state index contributed by atoms with van der Waals surface area (Å²) < 4.78 is 0. The molecule has 0 aliphatic carbocycles. The molecule has 0 aromatic heterocycles. The summed E-state index contributed by atoms with van der Waals surface area (Å²) in [7, 11) is 0. The second kappa shape index (κ2) is 6.86. The van der Waals surface area contributed by atoms with Gasteiger partial charge in [-0.15, -0.1) is 0 Å². The molecule has 0 radical (unpaired) electrons. The molecular formula is C24H21ClN4O5. The van der Waals surface area contributed by atoms with Gasteiger partial charge >= 0.3 is 0 Å². The fraction of sp³-hybridized carbons (Fsp3) is 0.375. The van der Waals surface area contributed by atoms with E-state index in [2.05, 4.69) is 5.32 Å². The lowest BCUT2D eigenvalue weighted by molar-refractivity contribution is -0.384. The Morgan fingerprint density at radius 3 is 2.62 bits per heavy atom. The highest BCUT2D eigenvalue weighted by Crippen LogP contribution is 2.61. The van der Waals surface area contributed by atoms with E-state index in [0.717, 1.165) is 16.9 Å². The summed E-state index contributed by atoms with van der Waals surface area (Å²) in [6.45, 7) is 4.12. The topological polar surface area (TPSA) is 113 Å². The van der Waals surface area contributed by atoms with Crippen molar-refractivity contribution in [1.82, 2.24) is 4.90 Å². The van der Waals surface area contributed by atoms with Crippen LogP contribution in [0.25, 0.3) is 0 Å². The molecule has 2 aromatic rings. The van der Waals surface area contributed by atoms with Crippen molar-refractivity contribution in [3.8, 4) is 0 Å². The van der Waals surface area contributed by atoms with Gasteiger partial charge in [-0.05, 0) is 56.5 Å². The van der Waals surface area contributed by atoms with Gasteiger partial charge in [-0.25, -0.2) is 4.90 Å². The largest absolute Gasteiger partial charge is 0.323 e. The number of nitro groups is 1. The third-order valence-corrected chi connectivity index (χ3v) is 8.13. The van der Waals surface area contributed by atoms with E-state index in [0.29, 0.717) is 40.5 Å². The lowest BCUT2D eigenvalue weighted by Crippen LogP contribution is -2.54. The quantitative estimate of drug-likeness (QED) is 0.401. The molecule has 0 saturated carbocycles. The molecule has 3 fully saturated rings. The van der Waals surface area contributed by atoms with Gasteiger partial charge in [-0.2, -0.15) is 0 Å². The summed E-state index contributed by atoms with van der Waals surface area (Å²) in [5, 5.41) is 14.5. The number of hydrogen-bond donors (Lipinski definition) is 1. The molecule has 3 saturated heterocycles. The van der Waals surface area contributed by atoms with Crippen molar-refractivity contribution in [3.05, 3.63) is 62.2 Å². The molecular weight excluding hydrogens is 460 g/mol. The first-order valence-electron chi connectivity index (χ1n) is 11.2. The van der Waals surface area contributed by atoms with Crippen LogP contribution in [0.4, 0.5) is 17.1 Å². The zero-order valence-electron chi connectivity index (χ0n) is 18.5. The number of non-ortho nitro benzene ring substituents is 1. The minimum absolute atomic E-state index is 0.117. The summed E-state index contributed by atoms with van der Waals surface area (Å²) in [6.07, 6.45) is 1.52. The monoisotopic (exact) mass is 480 g/mol. The molecule has 9 nitrogen and oxygen atoms in total. The van der Waals surface area contributed by atoms with Gasteiger partial charge in [0, 0.05) is 23.7 Å². The predicted octanol–water partition coefficient (Wildman–Crippen LogP) is 3.30. The van der Waals surface area contributed by atoms with E-state index in [4.69, 9.17) is 11.6 Å². The Balaban J connectivity index is 1.54. The fourth-order valence-electron chi connectivity index (χ4n) is 6.64. The van der Waals surface area contributed by atoms with Crippen molar-refractivity contribution in [1.29, 1.82) is 0 Å². The van der Waals surface area contributed by atoms with E-state index in [1.165, 1.54) is 18.2 Å². The number of hydrogen-bond acceptors (Lipinski definition) is 6. The molecule has 0 bridgehead atoms. The number of fused-ring (bicyclic) bond motifs is 7. The van der Waals surface area contributed by atoms with Gasteiger partial charge in [0.1, 0.15) is 5.54 Å². The van der Waals surface area contributed by atoms with Crippen molar-refractivity contribution in [2.75, 3.05) is 16.8 Å². The SMILES string of the molecule is Cc1cc(Cl)c2c(c1)C1(C(=O)N2)C2C(=O)N(c3ccc([N+](=O)[O-])cc3C)C(=O)C2C2CCCN21. The highest BCUT2D eigenvalue weighted by atomic mass is 35.5. The van der Waals surface area contributed by atoms with E-state index in [1.807, 2.05) is 17.9 Å². The van der Waals surface area contributed by atoms with Crippen molar-refractivity contribution < 1.29 is 19.3 Å². The third-order valence-electron chi connectivity index (χ3n) is 7.83. The van der Waals surface area contributed by atoms with Crippen LogP contribution >= 0.6 is 11.6 Å². The van der Waals surface area contributed by atoms with Gasteiger partial charge in [0.25, 0.3) is 11.6 Å². The maximum atomic E-state index is 14.0. The highest BCUT2D eigenvalue weighted by Gasteiger charge is 2.74. The van der Waals surface area contributed by atoms with Gasteiger partial charge in [-0.3, -0.25) is 29.4 Å². The minimum Gasteiger partial charge on any atom is -0.323 e. The third kappa shape index (κ3) is 2.40. The van der Waals surface area contributed by atoms with Crippen molar-refractivity contribution in [2.24, 2.45) is 11.8 Å². The minimum atomic E-state index is -1.31. The molecule has 4 aliphatic rings. The van der Waals surface area contributed by atoms with Crippen LogP contribution in [0, 0.1) is 35.8 Å². The number of aryl methyl sites for hydroxylation is 2. The molecule has 4 atom stereocenters. The number of carbonyl (C=O) groups is 3. The van der Waals surface area contributed by atoms with E-state index < -0.39 is 28.2 Å². The van der Waals surface area contributed by atoms with Gasteiger partial charge in [0.05, 0.1) is 33.2 Å². The Morgan fingerprint density at radius 1 is 1.15 bits per heavy atom. The van der Waals surface area contributed by atoms with Crippen LogP contribution in [0.5, 0.6) is 0 Å². The number of benzene rings is 2.